The molecule has 0 saturated carbocycles. The van der Waals surface area contributed by atoms with E-state index >= 15 is 0 Å². The van der Waals surface area contributed by atoms with Crippen LogP contribution in [-0.4, -0.2) is 46.2 Å². The molecular formula is C12H14N6O. The van der Waals surface area contributed by atoms with Gasteiger partial charge in [0, 0.05) is 25.1 Å². The average molecular weight is 258 g/mol. The first kappa shape index (κ1) is 10.9. The fraction of sp³-hybridized carbons (Fsp3) is 0.500. The number of hydrogen-bond acceptors (Lipinski definition) is 7. The molecule has 4 rings (SSSR count). The highest BCUT2D eigenvalue weighted by Crippen LogP contribution is 2.39. The third kappa shape index (κ3) is 1.61. The molecule has 2 N–H and O–H groups in total. The standard InChI is InChI=1S/C12H14N6O/c13-10-9-8(15-7-16-10)3-14-11(17-9)18-4-12(5-18)1-2-19-6-12/h3,7H,1-2,4-6H2,(H2,13,15,16). The first-order valence-corrected chi connectivity index (χ1v) is 6.32. The van der Waals surface area contributed by atoms with Crippen LogP contribution in [0.3, 0.4) is 0 Å². The molecule has 1 spiro atoms. The summed E-state index contributed by atoms with van der Waals surface area (Å²) in [6, 6.07) is 0. The molecule has 2 aliphatic rings. The Morgan fingerprint density at radius 2 is 2.16 bits per heavy atom. The van der Waals surface area contributed by atoms with E-state index in [9.17, 15) is 0 Å². The zero-order valence-corrected chi connectivity index (χ0v) is 10.4. The van der Waals surface area contributed by atoms with Crippen LogP contribution >= 0.6 is 0 Å². The van der Waals surface area contributed by atoms with Gasteiger partial charge in [-0.15, -0.1) is 0 Å². The molecule has 19 heavy (non-hydrogen) atoms. The van der Waals surface area contributed by atoms with Crippen molar-refractivity contribution >= 4 is 22.8 Å². The van der Waals surface area contributed by atoms with E-state index in [1.165, 1.54) is 6.33 Å². The van der Waals surface area contributed by atoms with Gasteiger partial charge in [0.05, 0.1) is 12.8 Å². The van der Waals surface area contributed by atoms with Crippen molar-refractivity contribution in [1.82, 2.24) is 19.9 Å². The minimum Gasteiger partial charge on any atom is -0.382 e. The summed E-state index contributed by atoms with van der Waals surface area (Å²) in [4.78, 5) is 19.0. The Morgan fingerprint density at radius 3 is 2.95 bits per heavy atom. The molecule has 2 fully saturated rings. The third-order valence-corrected chi connectivity index (χ3v) is 3.91. The minimum atomic E-state index is 0.317. The molecule has 0 radical (unpaired) electrons. The molecule has 2 aromatic rings. The number of hydrogen-bond donors (Lipinski definition) is 1. The highest BCUT2D eigenvalue weighted by Gasteiger charge is 2.46. The van der Waals surface area contributed by atoms with E-state index in [4.69, 9.17) is 10.5 Å². The number of nitrogen functional groups attached to an aromatic ring is 1. The van der Waals surface area contributed by atoms with Gasteiger partial charge in [0.2, 0.25) is 5.95 Å². The second kappa shape index (κ2) is 3.74. The van der Waals surface area contributed by atoms with Crippen molar-refractivity contribution in [3.05, 3.63) is 12.5 Å². The summed E-state index contributed by atoms with van der Waals surface area (Å²) < 4.78 is 5.47. The Kier molecular flexibility index (Phi) is 2.14. The number of fused-ring (bicyclic) bond motifs is 1. The predicted molar refractivity (Wildman–Crippen MR) is 69.6 cm³/mol. The van der Waals surface area contributed by atoms with Crippen molar-refractivity contribution in [2.24, 2.45) is 5.41 Å². The van der Waals surface area contributed by atoms with E-state index in [0.717, 1.165) is 32.7 Å². The monoisotopic (exact) mass is 258 g/mol. The number of ether oxygens (including phenoxy) is 1. The van der Waals surface area contributed by atoms with Gasteiger partial charge in [0.1, 0.15) is 17.4 Å². The first-order chi connectivity index (χ1) is 9.26. The molecule has 2 aliphatic heterocycles. The SMILES string of the molecule is Nc1ncnc2cnc(N3CC4(CCOC4)C3)nc12. The summed E-state index contributed by atoms with van der Waals surface area (Å²) in [6.07, 6.45) is 4.25. The molecule has 4 heterocycles. The maximum Gasteiger partial charge on any atom is 0.226 e. The van der Waals surface area contributed by atoms with Gasteiger partial charge in [-0.2, -0.15) is 0 Å². The molecule has 0 atom stereocenters. The predicted octanol–water partition coefficient (Wildman–Crippen LogP) is 0.229. The van der Waals surface area contributed by atoms with Crippen molar-refractivity contribution in [3.63, 3.8) is 0 Å². The summed E-state index contributed by atoms with van der Waals surface area (Å²) in [5.41, 5.74) is 7.43. The Hall–Kier alpha value is -2.02. The molecule has 0 aromatic carbocycles. The lowest BCUT2D eigenvalue weighted by atomic mass is 9.79. The van der Waals surface area contributed by atoms with Gasteiger partial charge in [-0.1, -0.05) is 0 Å². The maximum absolute atomic E-state index is 5.82. The van der Waals surface area contributed by atoms with Gasteiger partial charge in [0.25, 0.3) is 0 Å². The molecule has 2 saturated heterocycles. The van der Waals surface area contributed by atoms with Gasteiger partial charge in [-0.3, -0.25) is 0 Å². The molecule has 0 aliphatic carbocycles. The highest BCUT2D eigenvalue weighted by molar-refractivity contribution is 5.83. The van der Waals surface area contributed by atoms with Crippen LogP contribution in [0.25, 0.3) is 11.0 Å². The van der Waals surface area contributed by atoms with Crippen molar-refractivity contribution in [3.8, 4) is 0 Å². The topological polar surface area (TPSA) is 90.0 Å². The molecule has 2 aromatic heterocycles. The summed E-state index contributed by atoms with van der Waals surface area (Å²) >= 11 is 0. The normalized spacial score (nSPS) is 20.9. The number of aromatic nitrogens is 4. The Morgan fingerprint density at radius 1 is 1.26 bits per heavy atom. The zero-order valence-electron chi connectivity index (χ0n) is 10.4. The Labute approximate surface area is 109 Å². The van der Waals surface area contributed by atoms with Crippen LogP contribution in [0.2, 0.25) is 0 Å². The van der Waals surface area contributed by atoms with E-state index in [1.807, 2.05) is 0 Å². The molecule has 7 heteroatoms. The first-order valence-electron chi connectivity index (χ1n) is 6.32. The van der Waals surface area contributed by atoms with Crippen LogP contribution < -0.4 is 10.6 Å². The smallest absolute Gasteiger partial charge is 0.226 e. The molecule has 0 bridgehead atoms. The minimum absolute atomic E-state index is 0.317. The molecule has 0 unspecified atom stereocenters. The van der Waals surface area contributed by atoms with E-state index in [-0.39, 0.29) is 0 Å². The largest absolute Gasteiger partial charge is 0.382 e. The molecule has 7 nitrogen and oxygen atoms in total. The van der Waals surface area contributed by atoms with Crippen LogP contribution in [0, 0.1) is 5.41 Å². The summed E-state index contributed by atoms with van der Waals surface area (Å²) in [5.74, 6) is 1.10. The van der Waals surface area contributed by atoms with E-state index in [2.05, 4.69) is 24.8 Å². The number of nitrogens with zero attached hydrogens (tertiary/aromatic N) is 5. The van der Waals surface area contributed by atoms with Gasteiger partial charge >= 0.3 is 0 Å². The van der Waals surface area contributed by atoms with Crippen molar-refractivity contribution in [2.75, 3.05) is 36.9 Å². The van der Waals surface area contributed by atoms with E-state index in [1.54, 1.807) is 6.20 Å². The maximum atomic E-state index is 5.82. The fourth-order valence-electron chi connectivity index (χ4n) is 2.82. The fourth-order valence-corrected chi connectivity index (χ4v) is 2.82. The van der Waals surface area contributed by atoms with Gasteiger partial charge in [-0.25, -0.2) is 19.9 Å². The van der Waals surface area contributed by atoms with Crippen molar-refractivity contribution in [1.29, 1.82) is 0 Å². The average Bonchev–Trinajstić information content (AvgIpc) is 2.87. The Balaban J connectivity index is 1.64. The summed E-state index contributed by atoms with van der Waals surface area (Å²) in [6.45, 7) is 3.62. The Bertz CT molecular complexity index is 631. The lowest BCUT2D eigenvalue weighted by Gasteiger charge is -2.47. The van der Waals surface area contributed by atoms with Crippen molar-refractivity contribution < 1.29 is 4.74 Å². The quantitative estimate of drug-likeness (QED) is 0.782. The molecular weight excluding hydrogens is 244 g/mol. The third-order valence-electron chi connectivity index (χ3n) is 3.91. The van der Waals surface area contributed by atoms with E-state index < -0.39 is 0 Å². The molecule has 0 amide bonds. The number of nitrogens with two attached hydrogens (primary N) is 1. The summed E-state index contributed by atoms with van der Waals surface area (Å²) in [7, 11) is 0. The second-order valence-electron chi connectivity index (χ2n) is 5.32. The lowest BCUT2D eigenvalue weighted by Crippen LogP contribution is -2.57. The highest BCUT2D eigenvalue weighted by atomic mass is 16.5. The van der Waals surface area contributed by atoms with E-state index in [0.29, 0.717) is 28.2 Å². The lowest BCUT2D eigenvalue weighted by molar-refractivity contribution is 0.130. The molecule has 98 valence electrons. The van der Waals surface area contributed by atoms with Crippen LogP contribution in [0.4, 0.5) is 11.8 Å². The van der Waals surface area contributed by atoms with Gasteiger partial charge in [-0.05, 0) is 6.42 Å². The van der Waals surface area contributed by atoms with Gasteiger partial charge in [0.15, 0.2) is 5.82 Å². The summed E-state index contributed by atoms with van der Waals surface area (Å²) in [5, 5.41) is 0. The van der Waals surface area contributed by atoms with Crippen LogP contribution in [0.5, 0.6) is 0 Å². The van der Waals surface area contributed by atoms with Crippen LogP contribution in [-0.2, 0) is 4.74 Å². The second-order valence-corrected chi connectivity index (χ2v) is 5.32. The number of anilines is 2. The van der Waals surface area contributed by atoms with Crippen molar-refractivity contribution in [2.45, 2.75) is 6.42 Å². The van der Waals surface area contributed by atoms with Crippen LogP contribution in [0.15, 0.2) is 12.5 Å². The number of rotatable bonds is 1. The van der Waals surface area contributed by atoms with Gasteiger partial charge < -0.3 is 15.4 Å². The zero-order chi connectivity index (χ0) is 12.9. The van der Waals surface area contributed by atoms with Crippen LogP contribution in [0.1, 0.15) is 6.42 Å².